The highest BCUT2D eigenvalue weighted by atomic mass is 19.1. The number of nitrogens with one attached hydrogen (secondary N) is 1. The first-order valence-electron chi connectivity index (χ1n) is 10.1. The van der Waals surface area contributed by atoms with Crippen LogP contribution in [0.1, 0.15) is 31.4 Å². The Kier molecular flexibility index (Phi) is 6.91. The van der Waals surface area contributed by atoms with Crippen LogP contribution in [0.5, 0.6) is 0 Å². The molecule has 0 aromatic heterocycles. The van der Waals surface area contributed by atoms with Crippen LogP contribution in [0.15, 0.2) is 29.3 Å². The van der Waals surface area contributed by atoms with Crippen LogP contribution in [0.3, 0.4) is 0 Å². The van der Waals surface area contributed by atoms with Crippen molar-refractivity contribution in [1.82, 2.24) is 15.1 Å². The van der Waals surface area contributed by atoms with Gasteiger partial charge in [0.05, 0.1) is 12.6 Å². The monoisotopic (exact) mass is 392 g/mol. The lowest BCUT2D eigenvalue weighted by Crippen LogP contribution is -2.58. The van der Waals surface area contributed by atoms with Crippen molar-refractivity contribution in [2.24, 2.45) is 4.99 Å². The first-order valence-corrected chi connectivity index (χ1v) is 10.1. The van der Waals surface area contributed by atoms with E-state index in [1.165, 1.54) is 12.1 Å². The summed E-state index contributed by atoms with van der Waals surface area (Å²) in [6, 6.07) is 6.58. The van der Waals surface area contributed by atoms with E-state index in [1.807, 2.05) is 7.05 Å². The van der Waals surface area contributed by atoms with Crippen LogP contribution < -0.4 is 5.32 Å². The lowest BCUT2D eigenvalue weighted by Gasteiger charge is -2.44. The molecule has 0 spiro atoms. The molecule has 2 fully saturated rings. The molecule has 1 aromatic rings. The van der Waals surface area contributed by atoms with Crippen LogP contribution in [0.25, 0.3) is 0 Å². The lowest BCUT2D eigenvalue weighted by molar-refractivity contribution is -0.0609. The Hall–Kier alpha value is -1.70. The Morgan fingerprint density at radius 1 is 1.25 bits per heavy atom. The average molecular weight is 393 g/mol. The molecular formula is C21H33FN4O2. The van der Waals surface area contributed by atoms with Crippen molar-refractivity contribution >= 4 is 5.96 Å². The van der Waals surface area contributed by atoms with E-state index in [9.17, 15) is 4.39 Å². The molecular weight excluding hydrogens is 359 g/mol. The first kappa shape index (κ1) is 21.0. The summed E-state index contributed by atoms with van der Waals surface area (Å²) in [7, 11) is 6.09. The SMILES string of the molecule is CN=C(NCC1(N(C)C)CCOCC1)N1CC(C)OC(c2ccc(F)cc2)C1. The summed E-state index contributed by atoms with van der Waals surface area (Å²) in [6.07, 6.45) is 1.96. The molecule has 0 bridgehead atoms. The Labute approximate surface area is 167 Å². The third-order valence-corrected chi connectivity index (χ3v) is 5.96. The summed E-state index contributed by atoms with van der Waals surface area (Å²) in [5.74, 6) is 0.655. The topological polar surface area (TPSA) is 49.3 Å². The van der Waals surface area contributed by atoms with Crippen LogP contribution >= 0.6 is 0 Å². The summed E-state index contributed by atoms with van der Waals surface area (Å²) >= 11 is 0. The molecule has 0 saturated carbocycles. The van der Waals surface area contributed by atoms with E-state index in [-0.39, 0.29) is 23.6 Å². The van der Waals surface area contributed by atoms with Gasteiger partial charge in [0.1, 0.15) is 11.9 Å². The number of guanidine groups is 1. The van der Waals surface area contributed by atoms with E-state index in [0.717, 1.165) is 50.7 Å². The summed E-state index contributed by atoms with van der Waals surface area (Å²) in [6.45, 7) is 5.93. The number of hydrogen-bond donors (Lipinski definition) is 1. The number of likely N-dealkylation sites (N-methyl/N-ethyl adjacent to an activating group) is 1. The molecule has 6 nitrogen and oxygen atoms in total. The average Bonchev–Trinajstić information content (AvgIpc) is 2.69. The summed E-state index contributed by atoms with van der Waals surface area (Å²) < 4.78 is 25.0. The zero-order valence-electron chi connectivity index (χ0n) is 17.4. The van der Waals surface area contributed by atoms with Crippen LogP contribution in [0.4, 0.5) is 4.39 Å². The van der Waals surface area contributed by atoms with E-state index < -0.39 is 0 Å². The number of aliphatic imine (C=N–C) groups is 1. The second kappa shape index (κ2) is 9.20. The quantitative estimate of drug-likeness (QED) is 0.629. The molecule has 28 heavy (non-hydrogen) atoms. The minimum absolute atomic E-state index is 0.0632. The largest absolute Gasteiger partial charge is 0.381 e. The molecule has 2 saturated heterocycles. The van der Waals surface area contributed by atoms with Gasteiger partial charge < -0.3 is 24.6 Å². The minimum atomic E-state index is -0.229. The smallest absolute Gasteiger partial charge is 0.193 e. The van der Waals surface area contributed by atoms with E-state index in [1.54, 1.807) is 12.1 Å². The molecule has 2 heterocycles. The van der Waals surface area contributed by atoms with Crippen molar-refractivity contribution in [3.63, 3.8) is 0 Å². The number of rotatable bonds is 4. The molecule has 1 N–H and O–H groups in total. The second-order valence-corrected chi connectivity index (χ2v) is 8.02. The Morgan fingerprint density at radius 3 is 2.54 bits per heavy atom. The lowest BCUT2D eigenvalue weighted by atomic mass is 9.88. The van der Waals surface area contributed by atoms with Crippen molar-refractivity contribution in [3.8, 4) is 0 Å². The second-order valence-electron chi connectivity index (χ2n) is 8.02. The van der Waals surface area contributed by atoms with Gasteiger partial charge in [0.2, 0.25) is 0 Å². The number of nitrogens with zero attached hydrogens (tertiary/aromatic N) is 3. The minimum Gasteiger partial charge on any atom is -0.381 e. The van der Waals surface area contributed by atoms with E-state index in [0.29, 0.717) is 6.54 Å². The predicted molar refractivity (Wildman–Crippen MR) is 109 cm³/mol. The van der Waals surface area contributed by atoms with Gasteiger partial charge in [-0.05, 0) is 51.6 Å². The van der Waals surface area contributed by atoms with Gasteiger partial charge in [-0.25, -0.2) is 4.39 Å². The molecule has 2 aliphatic rings. The third kappa shape index (κ3) is 4.82. The van der Waals surface area contributed by atoms with Crippen molar-refractivity contribution in [1.29, 1.82) is 0 Å². The van der Waals surface area contributed by atoms with Gasteiger partial charge in [-0.1, -0.05) is 12.1 Å². The van der Waals surface area contributed by atoms with Gasteiger partial charge in [0.15, 0.2) is 5.96 Å². The maximum absolute atomic E-state index is 13.3. The van der Waals surface area contributed by atoms with Gasteiger partial charge in [0.25, 0.3) is 0 Å². The van der Waals surface area contributed by atoms with Crippen molar-refractivity contribution in [2.75, 3.05) is 54.0 Å². The molecule has 0 radical (unpaired) electrons. The normalized spacial score (nSPS) is 25.8. The fraction of sp³-hybridized carbons (Fsp3) is 0.667. The first-order chi connectivity index (χ1) is 13.4. The van der Waals surface area contributed by atoms with Gasteiger partial charge >= 0.3 is 0 Å². The third-order valence-electron chi connectivity index (χ3n) is 5.96. The summed E-state index contributed by atoms with van der Waals surface area (Å²) in [5, 5.41) is 3.60. The summed E-state index contributed by atoms with van der Waals surface area (Å²) in [5.41, 5.74) is 1.06. The standard InChI is InChI=1S/C21H33FN4O2/c1-16-13-26(14-19(28-16)17-5-7-18(22)8-6-17)20(23-2)24-15-21(25(3)4)9-11-27-12-10-21/h5-8,16,19H,9-15H2,1-4H3,(H,23,24). The highest BCUT2D eigenvalue weighted by Gasteiger charge is 2.36. The van der Waals surface area contributed by atoms with Crippen molar-refractivity contribution < 1.29 is 13.9 Å². The molecule has 2 atom stereocenters. The molecule has 3 rings (SSSR count). The zero-order chi connectivity index (χ0) is 20.1. The Morgan fingerprint density at radius 2 is 1.93 bits per heavy atom. The Balaban J connectivity index is 1.68. The van der Waals surface area contributed by atoms with Crippen molar-refractivity contribution in [2.45, 2.75) is 37.5 Å². The molecule has 1 aromatic carbocycles. The van der Waals surface area contributed by atoms with E-state index >= 15 is 0 Å². The fourth-order valence-corrected chi connectivity index (χ4v) is 4.10. The Bertz CT molecular complexity index is 659. The molecule has 2 unspecified atom stereocenters. The van der Waals surface area contributed by atoms with Gasteiger partial charge in [-0.2, -0.15) is 0 Å². The van der Waals surface area contributed by atoms with Crippen LogP contribution in [-0.2, 0) is 9.47 Å². The van der Waals surface area contributed by atoms with Gasteiger partial charge in [-0.3, -0.25) is 4.99 Å². The van der Waals surface area contributed by atoms with E-state index in [2.05, 4.69) is 41.1 Å². The molecule has 7 heteroatoms. The number of ether oxygens (including phenoxy) is 2. The van der Waals surface area contributed by atoms with Crippen molar-refractivity contribution in [3.05, 3.63) is 35.6 Å². The summed E-state index contributed by atoms with van der Waals surface area (Å²) in [4.78, 5) is 9.07. The highest BCUT2D eigenvalue weighted by molar-refractivity contribution is 5.80. The van der Waals surface area contributed by atoms with Crippen LogP contribution in [-0.4, -0.2) is 81.4 Å². The molecule has 0 aliphatic carbocycles. The van der Waals surface area contributed by atoms with Crippen LogP contribution in [0, 0.1) is 5.82 Å². The number of benzene rings is 1. The number of halogens is 1. The van der Waals surface area contributed by atoms with Gasteiger partial charge in [0, 0.05) is 38.9 Å². The fourth-order valence-electron chi connectivity index (χ4n) is 4.10. The maximum Gasteiger partial charge on any atom is 0.193 e. The molecule has 0 amide bonds. The number of hydrogen-bond acceptors (Lipinski definition) is 4. The molecule has 2 aliphatic heterocycles. The van der Waals surface area contributed by atoms with E-state index in [4.69, 9.17) is 9.47 Å². The molecule has 156 valence electrons. The van der Waals surface area contributed by atoms with Crippen LogP contribution in [0.2, 0.25) is 0 Å². The number of morpholine rings is 1. The maximum atomic E-state index is 13.3. The zero-order valence-corrected chi connectivity index (χ0v) is 17.4. The highest BCUT2D eigenvalue weighted by Crippen LogP contribution is 2.27. The van der Waals surface area contributed by atoms with Gasteiger partial charge in [-0.15, -0.1) is 0 Å². The predicted octanol–water partition coefficient (Wildman–Crippen LogP) is 2.27.